The molecule has 3 rings (SSSR count). The molecule has 118 valence electrons. The quantitative estimate of drug-likeness (QED) is 0.728. The SMILES string of the molecule is COc1cc(OC)nc(-n2c(-c3ccc(C)cc3)cnc2Cl)c1. The fourth-order valence-corrected chi connectivity index (χ4v) is 2.51. The first-order valence-electron chi connectivity index (χ1n) is 7.03. The van der Waals surface area contributed by atoms with Crippen molar-refractivity contribution in [3.05, 3.63) is 53.4 Å². The van der Waals surface area contributed by atoms with Gasteiger partial charge in [-0.2, -0.15) is 4.98 Å². The van der Waals surface area contributed by atoms with Gasteiger partial charge in [0.05, 0.1) is 26.1 Å². The number of rotatable bonds is 4. The molecule has 0 saturated carbocycles. The van der Waals surface area contributed by atoms with Crippen LogP contribution >= 0.6 is 11.6 Å². The smallest absolute Gasteiger partial charge is 0.218 e. The van der Waals surface area contributed by atoms with Crippen molar-refractivity contribution in [2.45, 2.75) is 6.92 Å². The maximum atomic E-state index is 6.28. The van der Waals surface area contributed by atoms with Crippen molar-refractivity contribution in [2.24, 2.45) is 0 Å². The summed E-state index contributed by atoms with van der Waals surface area (Å²) < 4.78 is 12.3. The standard InChI is InChI=1S/C17H16ClN3O2/c1-11-4-6-12(7-5-11)14-10-19-17(18)21(14)15-8-13(22-2)9-16(20-15)23-3/h4-10H,1-3H3. The second-order valence-corrected chi connectivity index (χ2v) is 5.36. The van der Waals surface area contributed by atoms with Crippen LogP contribution in [0.3, 0.4) is 0 Å². The van der Waals surface area contributed by atoms with E-state index in [0.717, 1.165) is 11.3 Å². The van der Waals surface area contributed by atoms with E-state index in [9.17, 15) is 0 Å². The minimum atomic E-state index is 0.323. The molecule has 2 heterocycles. The molecule has 0 spiro atoms. The van der Waals surface area contributed by atoms with Crippen LogP contribution in [-0.4, -0.2) is 28.8 Å². The molecule has 0 N–H and O–H groups in total. The third kappa shape index (κ3) is 3.00. The molecule has 0 fully saturated rings. The summed E-state index contributed by atoms with van der Waals surface area (Å²) >= 11 is 6.28. The van der Waals surface area contributed by atoms with Gasteiger partial charge >= 0.3 is 0 Å². The number of pyridine rings is 1. The number of aromatic nitrogens is 3. The van der Waals surface area contributed by atoms with Crippen LogP contribution in [0.15, 0.2) is 42.6 Å². The minimum Gasteiger partial charge on any atom is -0.496 e. The number of hydrogen-bond donors (Lipinski definition) is 0. The summed E-state index contributed by atoms with van der Waals surface area (Å²) in [7, 11) is 3.15. The van der Waals surface area contributed by atoms with E-state index in [1.165, 1.54) is 5.56 Å². The Morgan fingerprint density at radius 2 is 1.78 bits per heavy atom. The maximum Gasteiger partial charge on any atom is 0.218 e. The molecule has 0 aliphatic heterocycles. The topological polar surface area (TPSA) is 49.2 Å². The van der Waals surface area contributed by atoms with Gasteiger partial charge in [0.2, 0.25) is 11.2 Å². The number of ether oxygens (including phenoxy) is 2. The van der Waals surface area contributed by atoms with E-state index in [1.807, 2.05) is 31.2 Å². The largest absolute Gasteiger partial charge is 0.496 e. The molecule has 0 bridgehead atoms. The van der Waals surface area contributed by atoms with Crippen LogP contribution < -0.4 is 9.47 Å². The number of imidazole rings is 1. The second-order valence-electron chi connectivity index (χ2n) is 5.02. The summed E-state index contributed by atoms with van der Waals surface area (Å²) in [5.41, 5.74) is 3.03. The van der Waals surface area contributed by atoms with Crippen LogP contribution in [-0.2, 0) is 0 Å². The Balaban J connectivity index is 2.17. The molecule has 3 aromatic rings. The van der Waals surface area contributed by atoms with Crippen LogP contribution in [0.5, 0.6) is 11.6 Å². The lowest BCUT2D eigenvalue weighted by molar-refractivity contribution is 0.381. The fraction of sp³-hybridized carbons (Fsp3) is 0.176. The Labute approximate surface area is 139 Å². The van der Waals surface area contributed by atoms with Crippen LogP contribution in [0.2, 0.25) is 5.28 Å². The first kappa shape index (κ1) is 15.4. The highest BCUT2D eigenvalue weighted by atomic mass is 35.5. The number of hydrogen-bond acceptors (Lipinski definition) is 4. The monoisotopic (exact) mass is 329 g/mol. The maximum absolute atomic E-state index is 6.28. The molecule has 0 aliphatic carbocycles. The third-order valence-corrected chi connectivity index (χ3v) is 3.77. The Bertz CT molecular complexity index is 806. The van der Waals surface area contributed by atoms with Gasteiger partial charge in [-0.15, -0.1) is 0 Å². The first-order valence-corrected chi connectivity index (χ1v) is 7.41. The van der Waals surface area contributed by atoms with Crippen molar-refractivity contribution in [1.29, 1.82) is 0 Å². The Morgan fingerprint density at radius 1 is 1.04 bits per heavy atom. The Kier molecular flexibility index (Phi) is 4.21. The summed E-state index contributed by atoms with van der Waals surface area (Å²) in [6, 6.07) is 11.6. The van der Waals surface area contributed by atoms with Crippen LogP contribution in [0.1, 0.15) is 5.56 Å². The number of nitrogens with zero attached hydrogens (tertiary/aromatic N) is 3. The molecular weight excluding hydrogens is 314 g/mol. The lowest BCUT2D eigenvalue weighted by Crippen LogP contribution is -2.02. The average molecular weight is 330 g/mol. The lowest BCUT2D eigenvalue weighted by atomic mass is 10.1. The van der Waals surface area contributed by atoms with Gasteiger partial charge in [-0.1, -0.05) is 29.8 Å². The number of aryl methyl sites for hydroxylation is 1. The number of methoxy groups -OCH3 is 2. The van der Waals surface area contributed by atoms with E-state index in [2.05, 4.69) is 9.97 Å². The van der Waals surface area contributed by atoms with Gasteiger partial charge < -0.3 is 9.47 Å². The van der Waals surface area contributed by atoms with Gasteiger partial charge in [-0.25, -0.2) is 4.98 Å². The minimum absolute atomic E-state index is 0.323. The highest BCUT2D eigenvalue weighted by Gasteiger charge is 2.15. The molecular formula is C17H16ClN3O2. The van der Waals surface area contributed by atoms with Crippen molar-refractivity contribution in [3.63, 3.8) is 0 Å². The van der Waals surface area contributed by atoms with Gasteiger partial charge in [0.25, 0.3) is 0 Å². The number of halogens is 1. The van der Waals surface area contributed by atoms with Gasteiger partial charge in [0.15, 0.2) is 0 Å². The molecule has 0 unspecified atom stereocenters. The average Bonchev–Trinajstić information content (AvgIpc) is 2.96. The van der Waals surface area contributed by atoms with E-state index < -0.39 is 0 Å². The van der Waals surface area contributed by atoms with Crippen molar-refractivity contribution < 1.29 is 9.47 Å². The summed E-state index contributed by atoms with van der Waals surface area (Å²) in [6.07, 6.45) is 1.72. The van der Waals surface area contributed by atoms with Crippen molar-refractivity contribution in [3.8, 4) is 28.7 Å². The molecule has 0 radical (unpaired) electrons. The van der Waals surface area contributed by atoms with Crippen molar-refractivity contribution >= 4 is 11.6 Å². The van der Waals surface area contributed by atoms with E-state index in [-0.39, 0.29) is 0 Å². The third-order valence-electron chi connectivity index (χ3n) is 3.50. The fourth-order valence-electron chi connectivity index (χ4n) is 2.28. The predicted molar refractivity (Wildman–Crippen MR) is 89.6 cm³/mol. The van der Waals surface area contributed by atoms with Crippen molar-refractivity contribution in [2.75, 3.05) is 14.2 Å². The molecule has 0 atom stereocenters. The molecule has 6 heteroatoms. The van der Waals surface area contributed by atoms with Gasteiger partial charge in [0, 0.05) is 17.7 Å². The van der Waals surface area contributed by atoms with Crippen LogP contribution in [0.25, 0.3) is 17.1 Å². The molecule has 0 saturated heterocycles. The Hall–Kier alpha value is -2.53. The van der Waals surface area contributed by atoms with Crippen LogP contribution in [0.4, 0.5) is 0 Å². The summed E-state index contributed by atoms with van der Waals surface area (Å²) in [6.45, 7) is 2.04. The van der Waals surface area contributed by atoms with Gasteiger partial charge in [-0.3, -0.25) is 4.57 Å². The lowest BCUT2D eigenvalue weighted by Gasteiger charge is -2.12. The van der Waals surface area contributed by atoms with E-state index in [0.29, 0.717) is 22.7 Å². The predicted octanol–water partition coefficient (Wildman–Crippen LogP) is 3.91. The Morgan fingerprint density at radius 3 is 2.43 bits per heavy atom. The summed E-state index contributed by atoms with van der Waals surface area (Å²) in [5, 5.41) is 0.323. The normalized spacial score (nSPS) is 10.6. The van der Waals surface area contributed by atoms with Crippen LogP contribution in [0, 0.1) is 6.92 Å². The van der Waals surface area contributed by atoms with E-state index in [1.54, 1.807) is 37.1 Å². The molecule has 0 aliphatic rings. The highest BCUT2D eigenvalue weighted by molar-refractivity contribution is 6.29. The highest BCUT2D eigenvalue weighted by Crippen LogP contribution is 2.29. The molecule has 1 aromatic carbocycles. The summed E-state index contributed by atoms with van der Waals surface area (Å²) in [5.74, 6) is 1.66. The van der Waals surface area contributed by atoms with Gasteiger partial charge in [-0.05, 0) is 18.5 Å². The van der Waals surface area contributed by atoms with E-state index in [4.69, 9.17) is 21.1 Å². The first-order chi connectivity index (χ1) is 11.1. The number of benzene rings is 1. The second kappa shape index (κ2) is 6.30. The summed E-state index contributed by atoms with van der Waals surface area (Å²) in [4.78, 5) is 8.65. The van der Waals surface area contributed by atoms with Crippen molar-refractivity contribution in [1.82, 2.24) is 14.5 Å². The van der Waals surface area contributed by atoms with Gasteiger partial charge in [0.1, 0.15) is 11.6 Å². The molecule has 2 aromatic heterocycles. The molecule has 5 nitrogen and oxygen atoms in total. The zero-order chi connectivity index (χ0) is 16.4. The molecule has 0 amide bonds. The zero-order valence-corrected chi connectivity index (χ0v) is 13.8. The van der Waals surface area contributed by atoms with E-state index >= 15 is 0 Å². The zero-order valence-electron chi connectivity index (χ0n) is 13.1. The molecule has 23 heavy (non-hydrogen) atoms.